The van der Waals surface area contributed by atoms with Crippen molar-refractivity contribution in [3.63, 3.8) is 0 Å². The molecule has 0 bridgehead atoms. The molecule has 0 saturated heterocycles. The van der Waals surface area contributed by atoms with Gasteiger partial charge in [0.1, 0.15) is 0 Å². The van der Waals surface area contributed by atoms with E-state index in [0.717, 1.165) is 22.5 Å². The molecule has 102 valence electrons. The number of hydrogen-bond acceptors (Lipinski definition) is 4. The topological polar surface area (TPSA) is 42.2 Å². The molecule has 3 aromatic rings. The second kappa shape index (κ2) is 4.59. The minimum atomic E-state index is 0.483. The van der Waals surface area contributed by atoms with Crippen molar-refractivity contribution in [3.05, 3.63) is 65.5 Å². The first kappa shape index (κ1) is 11.9. The van der Waals surface area contributed by atoms with Crippen LogP contribution in [0, 0.1) is 6.92 Å². The van der Waals surface area contributed by atoms with Crippen molar-refractivity contribution < 1.29 is 4.42 Å². The standard InChI is InChI=1S/C17H13N3O/c1-12-18-19-17(21-12)20-15-8-4-2-6-13(15)10-11-14-7-3-5-9-16(14)20/h2-11H,1H3. The maximum atomic E-state index is 5.67. The van der Waals surface area contributed by atoms with Gasteiger partial charge in [0.05, 0.1) is 11.4 Å². The summed E-state index contributed by atoms with van der Waals surface area (Å²) in [5.74, 6) is 0.553. The predicted octanol–water partition coefficient (Wildman–Crippen LogP) is 4.33. The van der Waals surface area contributed by atoms with Crippen LogP contribution in [-0.2, 0) is 0 Å². The zero-order chi connectivity index (χ0) is 14.2. The minimum Gasteiger partial charge on any atom is -0.408 e. The van der Waals surface area contributed by atoms with E-state index in [4.69, 9.17) is 4.42 Å². The lowest BCUT2D eigenvalue weighted by Gasteiger charge is -2.22. The summed E-state index contributed by atoms with van der Waals surface area (Å²) in [4.78, 5) is 2.00. The van der Waals surface area contributed by atoms with Gasteiger partial charge in [-0.1, -0.05) is 53.6 Å². The van der Waals surface area contributed by atoms with E-state index in [9.17, 15) is 0 Å². The summed E-state index contributed by atoms with van der Waals surface area (Å²) in [6.45, 7) is 1.80. The highest BCUT2D eigenvalue weighted by Gasteiger charge is 2.23. The second-order valence-corrected chi connectivity index (χ2v) is 4.89. The molecule has 1 aliphatic heterocycles. The van der Waals surface area contributed by atoms with Crippen LogP contribution >= 0.6 is 0 Å². The maximum absolute atomic E-state index is 5.67. The van der Waals surface area contributed by atoms with Crippen LogP contribution < -0.4 is 4.90 Å². The van der Waals surface area contributed by atoms with Gasteiger partial charge in [0.2, 0.25) is 5.89 Å². The number of aromatic nitrogens is 2. The molecule has 0 saturated carbocycles. The second-order valence-electron chi connectivity index (χ2n) is 4.89. The van der Waals surface area contributed by atoms with E-state index in [1.54, 1.807) is 6.92 Å². The third-order valence-electron chi connectivity index (χ3n) is 3.50. The Bertz CT molecular complexity index is 786. The molecule has 0 amide bonds. The highest BCUT2D eigenvalue weighted by atomic mass is 16.4. The Morgan fingerprint density at radius 2 is 1.38 bits per heavy atom. The van der Waals surface area contributed by atoms with Crippen molar-refractivity contribution >= 4 is 29.5 Å². The van der Waals surface area contributed by atoms with Gasteiger partial charge in [0.25, 0.3) is 0 Å². The molecule has 0 radical (unpaired) electrons. The molecule has 4 nitrogen and oxygen atoms in total. The van der Waals surface area contributed by atoms with Gasteiger partial charge in [-0.3, -0.25) is 4.90 Å². The number of hydrogen-bond donors (Lipinski definition) is 0. The van der Waals surface area contributed by atoms with E-state index in [1.807, 2.05) is 29.2 Å². The molecular weight excluding hydrogens is 262 g/mol. The van der Waals surface area contributed by atoms with Gasteiger partial charge in [-0.2, -0.15) is 0 Å². The molecule has 4 rings (SSSR count). The normalized spacial score (nSPS) is 12.7. The number of benzene rings is 2. The fraction of sp³-hybridized carbons (Fsp3) is 0.0588. The first-order valence-electron chi connectivity index (χ1n) is 6.79. The summed E-state index contributed by atoms with van der Waals surface area (Å²) < 4.78 is 5.67. The molecule has 1 aromatic heterocycles. The van der Waals surface area contributed by atoms with Crippen LogP contribution in [0.2, 0.25) is 0 Å². The van der Waals surface area contributed by atoms with E-state index in [-0.39, 0.29) is 0 Å². The lowest BCUT2D eigenvalue weighted by molar-refractivity contribution is 0.526. The van der Waals surface area contributed by atoms with E-state index in [0.29, 0.717) is 11.9 Å². The van der Waals surface area contributed by atoms with Gasteiger partial charge in [-0.25, -0.2) is 0 Å². The van der Waals surface area contributed by atoms with Gasteiger partial charge >= 0.3 is 6.01 Å². The average molecular weight is 275 g/mol. The van der Waals surface area contributed by atoms with Crippen molar-refractivity contribution in [3.8, 4) is 0 Å². The summed E-state index contributed by atoms with van der Waals surface area (Å²) in [6, 6.07) is 16.8. The van der Waals surface area contributed by atoms with Gasteiger partial charge < -0.3 is 4.42 Å². The van der Waals surface area contributed by atoms with Crippen molar-refractivity contribution in [1.29, 1.82) is 0 Å². The largest absolute Gasteiger partial charge is 0.408 e. The van der Waals surface area contributed by atoms with Crippen LogP contribution in [0.3, 0.4) is 0 Å². The zero-order valence-electron chi connectivity index (χ0n) is 11.5. The monoisotopic (exact) mass is 275 g/mol. The third kappa shape index (κ3) is 1.92. The van der Waals surface area contributed by atoms with Gasteiger partial charge in [-0.15, -0.1) is 5.10 Å². The zero-order valence-corrected chi connectivity index (χ0v) is 11.5. The number of nitrogens with zero attached hydrogens (tertiary/aromatic N) is 3. The van der Waals surface area contributed by atoms with Crippen molar-refractivity contribution in [1.82, 2.24) is 10.2 Å². The molecule has 0 spiro atoms. The summed E-state index contributed by atoms with van der Waals surface area (Å²) >= 11 is 0. The van der Waals surface area contributed by atoms with Crippen molar-refractivity contribution in [2.45, 2.75) is 6.92 Å². The minimum absolute atomic E-state index is 0.483. The van der Waals surface area contributed by atoms with Crippen molar-refractivity contribution in [2.75, 3.05) is 4.90 Å². The van der Waals surface area contributed by atoms with E-state index in [2.05, 4.69) is 46.6 Å². The fourth-order valence-corrected chi connectivity index (χ4v) is 2.56. The van der Waals surface area contributed by atoms with E-state index in [1.165, 1.54) is 0 Å². The van der Waals surface area contributed by atoms with E-state index < -0.39 is 0 Å². The third-order valence-corrected chi connectivity index (χ3v) is 3.50. The summed E-state index contributed by atoms with van der Waals surface area (Å²) in [6.07, 6.45) is 4.22. The first-order chi connectivity index (χ1) is 10.3. The molecule has 0 unspecified atom stereocenters. The summed E-state index contributed by atoms with van der Waals surface area (Å²) in [7, 11) is 0. The SMILES string of the molecule is Cc1nnc(N2c3ccccc3C=Cc3ccccc32)o1. The Morgan fingerprint density at radius 3 is 1.90 bits per heavy atom. The molecule has 0 aliphatic carbocycles. The van der Waals surface area contributed by atoms with Crippen LogP contribution in [0.5, 0.6) is 0 Å². The van der Waals surface area contributed by atoms with E-state index >= 15 is 0 Å². The molecule has 2 heterocycles. The Morgan fingerprint density at radius 1 is 0.810 bits per heavy atom. The highest BCUT2D eigenvalue weighted by molar-refractivity contribution is 5.91. The molecule has 0 N–H and O–H groups in total. The van der Waals surface area contributed by atoms with Crippen LogP contribution in [-0.4, -0.2) is 10.2 Å². The molecular formula is C17H13N3O. The molecule has 2 aromatic carbocycles. The van der Waals surface area contributed by atoms with Crippen LogP contribution in [0.4, 0.5) is 17.4 Å². The van der Waals surface area contributed by atoms with Crippen LogP contribution in [0.25, 0.3) is 12.2 Å². The lowest BCUT2D eigenvalue weighted by atomic mass is 10.1. The Balaban J connectivity index is 2.01. The smallest absolute Gasteiger partial charge is 0.327 e. The van der Waals surface area contributed by atoms with Gasteiger partial charge in [0, 0.05) is 6.92 Å². The highest BCUT2D eigenvalue weighted by Crippen LogP contribution is 2.40. The quantitative estimate of drug-likeness (QED) is 0.518. The van der Waals surface area contributed by atoms with Crippen LogP contribution in [0.15, 0.2) is 52.9 Å². The number of para-hydroxylation sites is 2. The van der Waals surface area contributed by atoms with Gasteiger partial charge in [-0.05, 0) is 23.3 Å². The summed E-state index contributed by atoms with van der Waals surface area (Å²) in [5, 5.41) is 8.15. The maximum Gasteiger partial charge on any atom is 0.327 e. The Kier molecular flexibility index (Phi) is 2.60. The van der Waals surface area contributed by atoms with Crippen molar-refractivity contribution in [2.24, 2.45) is 0 Å². The lowest BCUT2D eigenvalue weighted by Crippen LogP contribution is -2.11. The Hall–Kier alpha value is -2.88. The molecule has 1 aliphatic rings. The first-order valence-corrected chi connectivity index (χ1v) is 6.79. The molecule has 0 atom stereocenters. The van der Waals surface area contributed by atoms with Gasteiger partial charge in [0.15, 0.2) is 0 Å². The number of anilines is 3. The summed E-state index contributed by atoms with van der Waals surface area (Å²) in [5.41, 5.74) is 4.29. The number of fused-ring (bicyclic) bond motifs is 2. The molecule has 4 heteroatoms. The molecule has 21 heavy (non-hydrogen) atoms. The number of rotatable bonds is 1. The fourth-order valence-electron chi connectivity index (χ4n) is 2.56. The predicted molar refractivity (Wildman–Crippen MR) is 82.6 cm³/mol. The average Bonchev–Trinajstić information content (AvgIpc) is 2.86. The number of aryl methyl sites for hydroxylation is 1. The molecule has 0 fully saturated rings. The Labute approximate surface area is 122 Å². The van der Waals surface area contributed by atoms with Crippen LogP contribution in [0.1, 0.15) is 17.0 Å².